The molecular weight excluding hydrogens is 2060 g/mol. The van der Waals surface area contributed by atoms with Crippen molar-refractivity contribution >= 4 is 119 Å². The molecule has 4 radical (unpaired) electrons. The number of carboxylic acids is 1. The summed E-state index contributed by atoms with van der Waals surface area (Å²) in [4.78, 5) is 32.3. The Morgan fingerprint density at radius 3 is 1.05 bits per heavy atom. The Balaban J connectivity index is -0.0000000912. The molecule has 0 bridgehead atoms. The molecule has 4 aromatic carbocycles. The summed E-state index contributed by atoms with van der Waals surface area (Å²) in [5.74, 6) is 3.99. The van der Waals surface area contributed by atoms with E-state index in [1.807, 2.05) is 55.4 Å². The molecule has 550 valence electrons. The number of aliphatic hydroxyl groups is 1. The van der Waals surface area contributed by atoms with Gasteiger partial charge in [0.25, 0.3) is 0 Å². The molecule has 0 amide bonds. The van der Waals surface area contributed by atoms with Crippen molar-refractivity contribution in [2.24, 2.45) is 34.5 Å². The van der Waals surface area contributed by atoms with E-state index in [0.29, 0.717) is 41.6 Å². The summed E-state index contributed by atoms with van der Waals surface area (Å²) in [5, 5.41) is 28.0. The van der Waals surface area contributed by atoms with Crippen LogP contribution in [0.1, 0.15) is 281 Å². The van der Waals surface area contributed by atoms with Gasteiger partial charge >= 0.3 is 76.2 Å². The summed E-state index contributed by atoms with van der Waals surface area (Å²) < 4.78 is 4.25. The predicted octanol–water partition coefficient (Wildman–Crippen LogP) is 13.6. The van der Waals surface area contributed by atoms with E-state index in [1.165, 1.54) is 134 Å². The number of halogens is 5. The summed E-state index contributed by atoms with van der Waals surface area (Å²) >= 11 is 8.48. The van der Waals surface area contributed by atoms with Gasteiger partial charge in [-0.15, -0.1) is 14.2 Å². The molecule has 2 N–H and O–H groups in total. The molecule has 6 aliphatic carbocycles. The second kappa shape index (κ2) is 81.0. The van der Waals surface area contributed by atoms with Gasteiger partial charge in [-0.05, 0) is 87.4 Å². The monoisotopic (exact) mass is 2190 g/mol. The van der Waals surface area contributed by atoms with Crippen LogP contribution in [0, 0.1) is 86.5 Å². The van der Waals surface area contributed by atoms with Crippen molar-refractivity contribution in [2.45, 2.75) is 268 Å². The van der Waals surface area contributed by atoms with Gasteiger partial charge in [0, 0.05) is 238 Å². The number of aldehydes is 2. The van der Waals surface area contributed by atoms with Gasteiger partial charge in [-0.1, -0.05) is 205 Å². The molecule has 20 heteroatoms. The van der Waals surface area contributed by atoms with E-state index in [1.54, 1.807) is 35.0 Å². The van der Waals surface area contributed by atoms with Gasteiger partial charge in [0.15, 0.2) is 17.4 Å². The number of carboxylic acid groups (broad SMARTS) is 1. The van der Waals surface area contributed by atoms with Gasteiger partial charge in [0.2, 0.25) is 0 Å². The fourth-order valence-electron chi connectivity index (χ4n) is 12.6. The van der Waals surface area contributed by atoms with Crippen LogP contribution in [0.5, 0.6) is 0 Å². The minimum absolute atomic E-state index is 0. The molecule has 6 aliphatic rings. The Hall–Kier alpha value is 6.39. The number of methoxy groups -OCH3 is 1. The van der Waals surface area contributed by atoms with Crippen molar-refractivity contribution in [1.29, 1.82) is 0 Å². The van der Waals surface area contributed by atoms with Crippen molar-refractivity contribution in [3.8, 4) is 0 Å². The first-order chi connectivity index (χ1) is 43.8. The molecule has 0 saturated heterocycles. The van der Waals surface area contributed by atoms with E-state index in [4.69, 9.17) is 10.2 Å². The topological polar surface area (TPSA) is 124 Å². The summed E-state index contributed by atoms with van der Waals surface area (Å²) in [6.45, 7) is 33.9. The van der Waals surface area contributed by atoms with Gasteiger partial charge in [-0.2, -0.15) is 142 Å². The van der Waals surface area contributed by atoms with Crippen LogP contribution < -0.4 is 87.8 Å². The second-order valence-corrected chi connectivity index (χ2v) is 26.3. The zero-order valence-corrected chi connectivity index (χ0v) is 89.8. The first kappa shape index (κ1) is 129. The van der Waals surface area contributed by atoms with Crippen LogP contribution in [0.25, 0.3) is 0 Å². The van der Waals surface area contributed by atoms with Crippen molar-refractivity contribution < 1.29 is 249 Å². The quantitative estimate of drug-likeness (QED) is 0.0504. The SMILES string of the molecule is CC.CC.CC.CC.CC(C)(C)[O-].COC.CPC.Cc1[c-]cc(C2CCC(CC=O)CC2)cc1.Cc1[c-]cc(C2CCC(CCCO)CC2)cc1.Cc1[c-]cc(C2CCC3(CC2)CC3C(=O)O)cc1.Cc1[c-]cc(C2CCC3(CC2)CC3C=O)cc1.II.II.[AlH3].[Cl-].[H-].[K+].[Li+].[Y].[Y].[Y].[Y]. The van der Waals surface area contributed by atoms with Crippen LogP contribution in [0.15, 0.2) is 72.8 Å². The van der Waals surface area contributed by atoms with Crippen molar-refractivity contribution in [3.05, 3.63) is 142 Å². The minimum atomic E-state index is -0.750. The fraction of sp³-hybridized carbons (Fsp3) is 0.658. The van der Waals surface area contributed by atoms with E-state index < -0.39 is 11.6 Å². The second-order valence-electron chi connectivity index (χ2n) is 25.3. The maximum Gasteiger partial charge on any atom is 1.00 e. The Morgan fingerprint density at radius 2 is 0.838 bits per heavy atom. The molecule has 7 nitrogen and oxygen atoms in total. The number of aliphatic hydroxyl groups excluding tert-OH is 1. The number of carbonyl (C=O) groups excluding carboxylic acids is 2. The number of hydrogen-bond donors (Lipinski definition) is 2. The third-order valence-electron chi connectivity index (χ3n) is 17.6. The smallest absolute Gasteiger partial charge is 1.00 e. The molecule has 4 aromatic rings. The largest absolute Gasteiger partial charge is 1.00 e. The van der Waals surface area contributed by atoms with E-state index in [-0.39, 0.29) is 244 Å². The molecule has 0 aromatic heterocycles. The molecular formula is C79H130AlClI4KLiO7PY4-5. The van der Waals surface area contributed by atoms with Crippen molar-refractivity contribution in [2.75, 3.05) is 34.2 Å². The Labute approximate surface area is 831 Å². The maximum atomic E-state index is 11.0. The number of rotatable bonds is 11. The van der Waals surface area contributed by atoms with Crippen LogP contribution in [0.2, 0.25) is 0 Å². The number of ether oxygens (including phenoxy) is 1. The molecule has 6 saturated carbocycles. The number of aryl methyl sites for hydroxylation is 4. The minimum Gasteiger partial charge on any atom is -1.00 e. The van der Waals surface area contributed by atoms with Crippen molar-refractivity contribution in [1.82, 2.24) is 0 Å². The third kappa shape index (κ3) is 58.0. The van der Waals surface area contributed by atoms with Crippen molar-refractivity contribution in [3.63, 3.8) is 0 Å². The fourth-order valence-corrected chi connectivity index (χ4v) is 12.6. The first-order valence-electron chi connectivity index (χ1n) is 34.4. The number of carbonyl (C=O) groups is 3. The van der Waals surface area contributed by atoms with Crippen LogP contribution in [0.4, 0.5) is 0 Å². The Morgan fingerprint density at radius 1 is 0.576 bits per heavy atom. The average molecular weight is 2190 g/mol. The average Bonchev–Trinajstić information content (AvgIpc) is 1.60. The summed E-state index contributed by atoms with van der Waals surface area (Å²) in [6.07, 6.45) is 26.9. The predicted molar refractivity (Wildman–Crippen MR) is 439 cm³/mol. The molecule has 99 heavy (non-hydrogen) atoms. The molecule has 0 aliphatic heterocycles. The molecule has 6 fully saturated rings. The van der Waals surface area contributed by atoms with E-state index in [9.17, 15) is 19.5 Å². The van der Waals surface area contributed by atoms with E-state index in [0.717, 1.165) is 78.1 Å². The van der Waals surface area contributed by atoms with Crippen LogP contribution in [-0.4, -0.2) is 85.9 Å². The summed E-state index contributed by atoms with van der Waals surface area (Å²) in [5.41, 5.74) is 10.4. The zero-order valence-electron chi connectivity index (χ0n) is 65.9. The van der Waals surface area contributed by atoms with Gasteiger partial charge in [-0.3, -0.25) is 4.79 Å². The van der Waals surface area contributed by atoms with Gasteiger partial charge < -0.3 is 43.5 Å². The normalized spacial score (nSPS) is 22.1. The van der Waals surface area contributed by atoms with Gasteiger partial charge in [-0.25, -0.2) is 0 Å². The molecule has 10 rings (SSSR count). The summed E-state index contributed by atoms with van der Waals surface area (Å²) in [7, 11) is 4.33. The first-order valence-corrected chi connectivity index (χ1v) is 49.0. The number of aliphatic carboxylic acids is 1. The Kier molecular flexibility index (Phi) is 105. The molecule has 2 atom stereocenters. The number of hydrogen-bond acceptors (Lipinski definition) is 6. The van der Waals surface area contributed by atoms with E-state index >= 15 is 0 Å². The molecule has 2 unspecified atom stereocenters. The van der Waals surface area contributed by atoms with Crippen LogP contribution in [-0.2, 0) is 150 Å². The van der Waals surface area contributed by atoms with Crippen LogP contribution >= 0.6 is 83.0 Å². The van der Waals surface area contributed by atoms with Gasteiger partial charge in [0.05, 0.1) is 5.92 Å². The third-order valence-corrected chi connectivity index (χ3v) is 17.6. The maximum absolute atomic E-state index is 11.0. The number of benzene rings is 4. The summed E-state index contributed by atoms with van der Waals surface area (Å²) in [6, 6.07) is 39.3. The molecule has 2 spiro atoms. The standard InChI is InChI=1S/C16H19O2.C16H19O.C16H23O.C15H19O.C4H9O.C2H6O.C2H7P.4C2H6.Al.ClH.2I2.K.Li.4Y.4H/c1-11-2-4-12(5-3-11)13-6-8-16(9-7-13)10-14(16)15(17)18;1-12-2-4-13(5-3-12)14-6-8-16(9-7-14)10-15(16)11-17;1-13-4-8-15(9-5-13)16-10-6-14(7-11-16)3-2-12-17;1-12-2-6-14(7-3-12)15-8-4-13(5-9-15)10-11-16;1-4(2,3)5;2*1-3-2;4*1-2;;;2*1-2;;;;;;;;;;/h2,4-5,13-14H,6-10H2,1H3,(H,17,18);2,4-5,11,14-15H,6-10H2,1H3;4,8-9,14,16-17H,2-3,6-7,10-12H2,1H3;2,6-7,11,13,15H,4-5,8-10H2,1H3;1-3H3;1-2H3;3H,1-2H3;4*1-2H3;;1H;;;;;;;;;;;;/q5*-1;;;;;;;;;;;2*+1;;;;;;;;-1/p-1. The van der Waals surface area contributed by atoms with Crippen LogP contribution in [0.3, 0.4) is 0 Å². The molecule has 0 heterocycles. The zero-order chi connectivity index (χ0) is 70.0. The Bertz CT molecular complexity index is 2370. The van der Waals surface area contributed by atoms with E-state index in [2.05, 4.69) is 217 Å². The van der Waals surface area contributed by atoms with Gasteiger partial charge in [0.1, 0.15) is 12.6 Å².